The van der Waals surface area contributed by atoms with Gasteiger partial charge in [-0.05, 0) is 30.4 Å². The smallest absolute Gasteiger partial charge is 0.410 e. The number of carbonyl (C=O) groups excluding carboxylic acids is 2. The maximum atomic E-state index is 12.9. The number of hydrogen-bond donors (Lipinski definition) is 0. The Kier molecular flexibility index (Phi) is 5.81. The summed E-state index contributed by atoms with van der Waals surface area (Å²) in [4.78, 5) is 33.0. The minimum absolute atomic E-state index is 0.00229. The number of piperidine rings is 1. The number of fused-ring (bicyclic) bond motifs is 1. The van der Waals surface area contributed by atoms with E-state index in [9.17, 15) is 9.59 Å². The molecule has 0 unspecified atom stereocenters. The quantitative estimate of drug-likeness (QED) is 0.730. The lowest BCUT2D eigenvalue weighted by molar-refractivity contribution is 0.0729. The summed E-state index contributed by atoms with van der Waals surface area (Å²) < 4.78 is 4.99. The number of nitrogens with zero attached hydrogens (tertiary/aromatic N) is 3. The van der Waals surface area contributed by atoms with Gasteiger partial charge in [0.1, 0.15) is 5.69 Å². The van der Waals surface area contributed by atoms with Crippen molar-refractivity contribution in [3.63, 3.8) is 0 Å². The van der Waals surface area contributed by atoms with E-state index in [2.05, 4.69) is 23.0 Å². The maximum absolute atomic E-state index is 12.9. The van der Waals surface area contributed by atoms with Crippen LogP contribution in [-0.4, -0.2) is 53.0 Å². The Morgan fingerprint density at radius 3 is 2.69 bits per heavy atom. The zero-order valence-corrected chi connectivity index (χ0v) is 17.0. The summed E-state index contributed by atoms with van der Waals surface area (Å²) in [6, 6.07) is 8.28. The maximum Gasteiger partial charge on any atom is 0.410 e. The Morgan fingerprint density at radius 1 is 1.17 bits per heavy atom. The summed E-state index contributed by atoms with van der Waals surface area (Å²) >= 11 is 1.54. The monoisotopic (exact) mass is 409 g/mol. The van der Waals surface area contributed by atoms with E-state index in [0.29, 0.717) is 25.3 Å². The second-order valence-corrected chi connectivity index (χ2v) is 8.23. The van der Waals surface area contributed by atoms with E-state index in [1.165, 1.54) is 22.5 Å². The highest BCUT2D eigenvalue weighted by atomic mass is 32.1. The van der Waals surface area contributed by atoms with Crippen LogP contribution in [0.25, 0.3) is 0 Å². The van der Waals surface area contributed by atoms with Crippen LogP contribution in [0, 0.1) is 12.3 Å². The van der Waals surface area contributed by atoms with Crippen LogP contribution in [0.4, 0.5) is 4.79 Å². The zero-order chi connectivity index (χ0) is 20.2. The average Bonchev–Trinajstić information content (AvgIpc) is 3.27. The van der Waals surface area contributed by atoms with Gasteiger partial charge in [0.2, 0.25) is 0 Å². The molecule has 0 radical (unpaired) electrons. The van der Waals surface area contributed by atoms with E-state index in [-0.39, 0.29) is 24.5 Å². The van der Waals surface area contributed by atoms with Crippen LogP contribution in [0.1, 0.15) is 45.4 Å². The van der Waals surface area contributed by atoms with Crippen molar-refractivity contribution in [2.24, 2.45) is 0 Å². The second-order valence-electron chi connectivity index (χ2n) is 7.34. The van der Waals surface area contributed by atoms with Gasteiger partial charge < -0.3 is 14.5 Å². The zero-order valence-electron chi connectivity index (χ0n) is 16.2. The standard InChI is InChI=1S/C22H23N3O3S/c1-2-13-28-22(27)24-10-8-17(9-11-24)20-23-19(15-29-20)21(26)25-12-7-16-5-3-4-6-18(16)14-25/h1,3-6,15,17H,7-14H2. The molecule has 1 saturated heterocycles. The summed E-state index contributed by atoms with van der Waals surface area (Å²) in [6.45, 7) is 2.58. The molecular formula is C22H23N3O3S. The third kappa shape index (κ3) is 4.28. The van der Waals surface area contributed by atoms with Crippen LogP contribution in [0.2, 0.25) is 0 Å². The number of terminal acetylenes is 1. The van der Waals surface area contributed by atoms with Gasteiger partial charge in [0, 0.05) is 37.5 Å². The normalized spacial score (nSPS) is 16.8. The third-order valence-electron chi connectivity index (χ3n) is 5.54. The Labute approximate surface area is 174 Å². The van der Waals surface area contributed by atoms with E-state index in [1.807, 2.05) is 22.4 Å². The molecule has 2 aliphatic heterocycles. The fourth-order valence-electron chi connectivity index (χ4n) is 3.91. The summed E-state index contributed by atoms with van der Waals surface area (Å²) in [5, 5.41) is 2.84. The van der Waals surface area contributed by atoms with Crippen molar-refractivity contribution < 1.29 is 14.3 Å². The molecule has 6 nitrogen and oxygen atoms in total. The first kappa shape index (κ1) is 19.5. The van der Waals surface area contributed by atoms with E-state index in [0.717, 1.165) is 30.8 Å². The second kappa shape index (κ2) is 8.66. The first-order chi connectivity index (χ1) is 14.2. The number of amides is 2. The third-order valence-corrected chi connectivity index (χ3v) is 6.55. The molecule has 0 spiro atoms. The van der Waals surface area contributed by atoms with Gasteiger partial charge in [0.25, 0.3) is 5.91 Å². The van der Waals surface area contributed by atoms with E-state index < -0.39 is 0 Å². The summed E-state index contributed by atoms with van der Waals surface area (Å²) in [6.07, 6.45) is 7.27. The molecule has 0 N–H and O–H groups in total. The number of thiazole rings is 1. The first-order valence-corrected chi connectivity index (χ1v) is 10.7. The highest BCUT2D eigenvalue weighted by Gasteiger charge is 2.28. The molecular weight excluding hydrogens is 386 g/mol. The predicted molar refractivity (Wildman–Crippen MR) is 111 cm³/mol. The number of hydrogen-bond acceptors (Lipinski definition) is 5. The van der Waals surface area contributed by atoms with Crippen LogP contribution in [0.15, 0.2) is 29.6 Å². The first-order valence-electron chi connectivity index (χ1n) is 9.82. The molecule has 3 heterocycles. The lowest BCUT2D eigenvalue weighted by Crippen LogP contribution is -2.38. The van der Waals surface area contributed by atoms with Gasteiger partial charge in [-0.1, -0.05) is 30.2 Å². The highest BCUT2D eigenvalue weighted by Crippen LogP contribution is 2.31. The number of aromatic nitrogens is 1. The minimum atomic E-state index is -0.359. The molecule has 0 saturated carbocycles. The van der Waals surface area contributed by atoms with Gasteiger partial charge in [0.15, 0.2) is 6.61 Å². The number of likely N-dealkylation sites (tertiary alicyclic amines) is 1. The number of benzene rings is 1. The highest BCUT2D eigenvalue weighted by molar-refractivity contribution is 7.09. The van der Waals surface area contributed by atoms with Crippen LogP contribution >= 0.6 is 11.3 Å². The SMILES string of the molecule is C#CCOC(=O)N1CCC(c2nc(C(=O)N3CCc4ccccc4C3)cs2)CC1. The van der Waals surface area contributed by atoms with Crippen molar-refractivity contribution in [1.82, 2.24) is 14.8 Å². The van der Waals surface area contributed by atoms with Gasteiger partial charge in [-0.25, -0.2) is 9.78 Å². The molecule has 1 aromatic carbocycles. The summed E-state index contributed by atoms with van der Waals surface area (Å²) in [5.74, 6) is 2.57. The van der Waals surface area contributed by atoms with Crippen LogP contribution in [-0.2, 0) is 17.7 Å². The molecule has 2 amide bonds. The van der Waals surface area contributed by atoms with E-state index in [4.69, 9.17) is 11.2 Å². The lowest BCUT2D eigenvalue weighted by atomic mass is 9.98. The summed E-state index contributed by atoms with van der Waals surface area (Å²) in [7, 11) is 0. The van der Waals surface area contributed by atoms with Crippen molar-refractivity contribution in [2.75, 3.05) is 26.2 Å². The Morgan fingerprint density at radius 2 is 1.93 bits per heavy atom. The van der Waals surface area contributed by atoms with Gasteiger partial charge in [-0.15, -0.1) is 17.8 Å². The summed E-state index contributed by atoms with van der Waals surface area (Å²) in [5.41, 5.74) is 3.06. The molecule has 7 heteroatoms. The molecule has 29 heavy (non-hydrogen) atoms. The molecule has 1 aromatic heterocycles. The van der Waals surface area contributed by atoms with E-state index in [1.54, 1.807) is 4.90 Å². The predicted octanol–water partition coefficient (Wildman–Crippen LogP) is 3.29. The average molecular weight is 410 g/mol. The van der Waals surface area contributed by atoms with Crippen molar-refractivity contribution in [1.29, 1.82) is 0 Å². The molecule has 150 valence electrons. The Hall–Kier alpha value is -2.85. The van der Waals surface area contributed by atoms with Crippen molar-refractivity contribution in [2.45, 2.75) is 31.7 Å². The van der Waals surface area contributed by atoms with Crippen LogP contribution in [0.5, 0.6) is 0 Å². The molecule has 2 aliphatic rings. The molecule has 0 atom stereocenters. The minimum Gasteiger partial charge on any atom is -0.436 e. The van der Waals surface area contributed by atoms with Gasteiger partial charge in [-0.3, -0.25) is 4.79 Å². The Bertz CT molecular complexity index is 941. The lowest BCUT2D eigenvalue weighted by Gasteiger charge is -2.30. The fourth-order valence-corrected chi connectivity index (χ4v) is 4.87. The number of rotatable bonds is 3. The van der Waals surface area contributed by atoms with Crippen LogP contribution < -0.4 is 0 Å². The molecule has 0 aliphatic carbocycles. The fraction of sp³-hybridized carbons (Fsp3) is 0.409. The largest absolute Gasteiger partial charge is 0.436 e. The number of ether oxygens (including phenoxy) is 1. The molecule has 1 fully saturated rings. The molecule has 2 aromatic rings. The van der Waals surface area contributed by atoms with Crippen LogP contribution in [0.3, 0.4) is 0 Å². The van der Waals surface area contributed by atoms with Gasteiger partial charge in [-0.2, -0.15) is 0 Å². The number of carbonyl (C=O) groups is 2. The van der Waals surface area contributed by atoms with Crippen molar-refractivity contribution >= 4 is 23.3 Å². The molecule has 0 bridgehead atoms. The van der Waals surface area contributed by atoms with E-state index >= 15 is 0 Å². The van der Waals surface area contributed by atoms with Crippen molar-refractivity contribution in [3.05, 3.63) is 51.5 Å². The van der Waals surface area contributed by atoms with Gasteiger partial charge in [0.05, 0.1) is 5.01 Å². The topological polar surface area (TPSA) is 62.7 Å². The van der Waals surface area contributed by atoms with Crippen molar-refractivity contribution in [3.8, 4) is 12.3 Å². The van der Waals surface area contributed by atoms with Gasteiger partial charge >= 0.3 is 6.09 Å². The molecule has 4 rings (SSSR count). The Balaban J connectivity index is 1.35.